The number of hydrogen-bond acceptors (Lipinski definition) is 4. The number of thiol groups is 2. The first-order chi connectivity index (χ1) is 9.87. The molecule has 0 bridgehead atoms. The van der Waals surface area contributed by atoms with Gasteiger partial charge in [-0.2, -0.15) is 25.3 Å². The Bertz CT molecular complexity index is 290. The van der Waals surface area contributed by atoms with Crippen LogP contribution in [0.2, 0.25) is 0 Å². The molecular weight excluding hydrogens is 312 g/mol. The molecule has 2 nitrogen and oxygen atoms in total. The van der Waals surface area contributed by atoms with Crippen LogP contribution in [0.4, 0.5) is 0 Å². The van der Waals surface area contributed by atoms with E-state index in [1.165, 1.54) is 19.3 Å². The van der Waals surface area contributed by atoms with E-state index in [1.54, 1.807) is 0 Å². The lowest BCUT2D eigenvalue weighted by Crippen LogP contribution is -2.39. The molecule has 22 heavy (non-hydrogen) atoms. The van der Waals surface area contributed by atoms with Gasteiger partial charge in [0.05, 0.1) is 0 Å². The number of hydrogen-bond donors (Lipinski definition) is 4. The summed E-state index contributed by atoms with van der Waals surface area (Å²) in [5, 5.41) is 21.2. The molecule has 0 aromatic rings. The van der Waals surface area contributed by atoms with Crippen molar-refractivity contribution in [2.24, 2.45) is 5.92 Å². The van der Waals surface area contributed by atoms with Gasteiger partial charge in [0.15, 0.2) is 5.79 Å². The van der Waals surface area contributed by atoms with E-state index in [1.807, 2.05) is 13.8 Å². The lowest BCUT2D eigenvalue weighted by Gasteiger charge is -2.35. The van der Waals surface area contributed by atoms with Crippen LogP contribution in [0.3, 0.4) is 0 Å². The van der Waals surface area contributed by atoms with E-state index in [-0.39, 0.29) is 15.4 Å². The zero-order valence-corrected chi connectivity index (χ0v) is 17.0. The van der Waals surface area contributed by atoms with E-state index in [0.717, 1.165) is 25.7 Å². The second-order valence-electron chi connectivity index (χ2n) is 8.09. The van der Waals surface area contributed by atoms with Crippen molar-refractivity contribution < 1.29 is 10.2 Å². The first-order valence-electron chi connectivity index (χ1n) is 8.77. The molecule has 0 rings (SSSR count). The molecule has 134 valence electrons. The van der Waals surface area contributed by atoms with Gasteiger partial charge in [0.25, 0.3) is 0 Å². The first-order valence-corrected chi connectivity index (χ1v) is 9.66. The molecule has 0 spiro atoms. The van der Waals surface area contributed by atoms with Crippen molar-refractivity contribution in [2.45, 2.75) is 108 Å². The molecule has 0 aliphatic rings. The molecule has 0 radical (unpaired) electrons. The van der Waals surface area contributed by atoms with Gasteiger partial charge in [-0.1, -0.05) is 60.3 Å². The summed E-state index contributed by atoms with van der Waals surface area (Å²) in [6.07, 6.45) is 8.32. The molecule has 0 heterocycles. The smallest absolute Gasteiger partial charge is 0.165 e. The summed E-state index contributed by atoms with van der Waals surface area (Å²) in [4.78, 5) is 0. The van der Waals surface area contributed by atoms with Gasteiger partial charge < -0.3 is 10.2 Å². The minimum Gasteiger partial charge on any atom is -0.365 e. The van der Waals surface area contributed by atoms with Crippen molar-refractivity contribution in [3.63, 3.8) is 0 Å². The highest BCUT2D eigenvalue weighted by Gasteiger charge is 2.35. The number of unbranched alkanes of at least 4 members (excludes halogenated alkanes) is 3. The topological polar surface area (TPSA) is 40.5 Å². The zero-order valence-electron chi connectivity index (χ0n) is 15.2. The molecule has 4 heteroatoms. The van der Waals surface area contributed by atoms with Gasteiger partial charge in [-0.3, -0.25) is 0 Å². The second kappa shape index (κ2) is 9.80. The normalized spacial score (nSPS) is 15.1. The van der Waals surface area contributed by atoms with Crippen LogP contribution in [-0.4, -0.2) is 25.5 Å². The van der Waals surface area contributed by atoms with Crippen LogP contribution in [0.1, 0.15) is 92.4 Å². The van der Waals surface area contributed by atoms with Gasteiger partial charge in [0.1, 0.15) is 0 Å². The molecule has 0 saturated heterocycles. The van der Waals surface area contributed by atoms with Crippen molar-refractivity contribution in [3.8, 4) is 0 Å². The van der Waals surface area contributed by atoms with Crippen molar-refractivity contribution in [1.29, 1.82) is 0 Å². The highest BCUT2D eigenvalue weighted by molar-refractivity contribution is 7.81. The van der Waals surface area contributed by atoms with Crippen molar-refractivity contribution in [1.82, 2.24) is 0 Å². The fraction of sp³-hybridized carbons (Fsp3) is 1.00. The van der Waals surface area contributed by atoms with E-state index in [2.05, 4.69) is 46.0 Å². The zero-order chi connectivity index (χ0) is 17.4. The van der Waals surface area contributed by atoms with Gasteiger partial charge in [0, 0.05) is 21.8 Å². The largest absolute Gasteiger partial charge is 0.365 e. The predicted octanol–water partition coefficient (Wildman–Crippen LogP) is 5.23. The molecule has 1 atom stereocenters. The lowest BCUT2D eigenvalue weighted by atomic mass is 9.83. The van der Waals surface area contributed by atoms with Gasteiger partial charge in [-0.05, 0) is 25.7 Å². The molecule has 0 fully saturated rings. The molecule has 0 amide bonds. The average molecular weight is 351 g/mol. The van der Waals surface area contributed by atoms with Crippen LogP contribution >= 0.6 is 25.3 Å². The Labute approximate surface area is 149 Å². The van der Waals surface area contributed by atoms with Crippen molar-refractivity contribution in [2.75, 3.05) is 0 Å². The highest BCUT2D eigenvalue weighted by atomic mass is 32.1. The standard InChI is InChI=1S/C18H38O2S2/c1-6-7-8-9-10-15(11-12-16(2,3)21)18(19,20)14-13-17(4,5)22/h15,19-22H,6-14H2,1-5H3. The summed E-state index contributed by atoms with van der Waals surface area (Å²) in [6, 6.07) is 0. The van der Waals surface area contributed by atoms with Gasteiger partial charge in [0.2, 0.25) is 0 Å². The maximum Gasteiger partial charge on any atom is 0.165 e. The number of rotatable bonds is 12. The summed E-state index contributed by atoms with van der Waals surface area (Å²) in [7, 11) is 0. The van der Waals surface area contributed by atoms with Gasteiger partial charge in [-0.25, -0.2) is 0 Å². The number of aliphatic hydroxyl groups is 2. The van der Waals surface area contributed by atoms with Gasteiger partial charge >= 0.3 is 0 Å². The van der Waals surface area contributed by atoms with Crippen molar-refractivity contribution in [3.05, 3.63) is 0 Å². The Hall–Kier alpha value is 0.620. The van der Waals surface area contributed by atoms with Crippen LogP contribution in [0.25, 0.3) is 0 Å². The van der Waals surface area contributed by atoms with E-state index < -0.39 is 5.79 Å². The lowest BCUT2D eigenvalue weighted by molar-refractivity contribution is -0.209. The third-order valence-corrected chi connectivity index (χ3v) is 4.72. The van der Waals surface area contributed by atoms with E-state index in [4.69, 9.17) is 0 Å². The Morgan fingerprint density at radius 1 is 0.773 bits per heavy atom. The molecular formula is C18H38O2S2. The fourth-order valence-electron chi connectivity index (χ4n) is 2.65. The van der Waals surface area contributed by atoms with Crippen LogP contribution in [0.5, 0.6) is 0 Å². The quantitative estimate of drug-likeness (QED) is 0.221. The maximum atomic E-state index is 10.6. The van der Waals surface area contributed by atoms with Crippen molar-refractivity contribution >= 4 is 25.3 Å². The first kappa shape index (κ1) is 22.6. The van der Waals surface area contributed by atoms with Crippen LogP contribution in [0.15, 0.2) is 0 Å². The Morgan fingerprint density at radius 2 is 1.32 bits per heavy atom. The summed E-state index contributed by atoms with van der Waals surface area (Å²) >= 11 is 9.07. The van der Waals surface area contributed by atoms with E-state index >= 15 is 0 Å². The van der Waals surface area contributed by atoms with Crippen LogP contribution in [-0.2, 0) is 0 Å². The molecule has 0 aromatic heterocycles. The predicted molar refractivity (Wildman–Crippen MR) is 104 cm³/mol. The molecule has 2 N–H and O–H groups in total. The second-order valence-corrected chi connectivity index (χ2v) is 10.5. The maximum absolute atomic E-state index is 10.6. The average Bonchev–Trinajstić information content (AvgIpc) is 2.33. The molecule has 0 aromatic carbocycles. The van der Waals surface area contributed by atoms with Crippen LogP contribution < -0.4 is 0 Å². The highest BCUT2D eigenvalue weighted by Crippen LogP contribution is 2.35. The van der Waals surface area contributed by atoms with Gasteiger partial charge in [-0.15, -0.1) is 0 Å². The minimum absolute atomic E-state index is 0.0689. The Kier molecular flexibility index (Phi) is 10.1. The minimum atomic E-state index is -1.59. The van der Waals surface area contributed by atoms with Crippen LogP contribution in [0, 0.1) is 5.92 Å². The summed E-state index contributed by atoms with van der Waals surface area (Å²) < 4.78 is -0.243. The Balaban J connectivity index is 4.63. The molecule has 0 aliphatic carbocycles. The van der Waals surface area contributed by atoms with E-state index in [0.29, 0.717) is 12.8 Å². The molecule has 0 saturated carbocycles. The Morgan fingerprint density at radius 3 is 1.77 bits per heavy atom. The van der Waals surface area contributed by atoms with E-state index in [9.17, 15) is 10.2 Å². The third kappa shape index (κ3) is 12.1. The fourth-order valence-corrected chi connectivity index (χ4v) is 2.89. The summed E-state index contributed by atoms with van der Waals surface area (Å²) in [6.45, 7) is 10.4. The third-order valence-electron chi connectivity index (χ3n) is 4.27. The monoisotopic (exact) mass is 350 g/mol. The summed E-state index contributed by atoms with van der Waals surface area (Å²) in [5.74, 6) is -1.67. The molecule has 1 unspecified atom stereocenters. The SMILES string of the molecule is CCCCCCC(CCC(C)(C)S)C(O)(O)CCC(C)(C)S. The summed E-state index contributed by atoms with van der Waals surface area (Å²) in [5.41, 5.74) is 0. The molecule has 0 aliphatic heterocycles.